The summed E-state index contributed by atoms with van der Waals surface area (Å²) in [5.41, 5.74) is 5.36. The van der Waals surface area contributed by atoms with Gasteiger partial charge in [0.05, 0.1) is 16.8 Å². The van der Waals surface area contributed by atoms with E-state index >= 15 is 0 Å². The van der Waals surface area contributed by atoms with Crippen molar-refractivity contribution >= 4 is 16.8 Å². The highest BCUT2D eigenvalue weighted by molar-refractivity contribution is 6.07. The van der Waals surface area contributed by atoms with Crippen LogP contribution in [0.5, 0.6) is 0 Å². The molecular formula is C27H21N3O. The highest BCUT2D eigenvalue weighted by Gasteiger charge is 2.13. The van der Waals surface area contributed by atoms with E-state index in [0.717, 1.165) is 33.4 Å². The Hall–Kier alpha value is -4.18. The molecule has 1 N–H and O–H groups in total. The van der Waals surface area contributed by atoms with Crippen LogP contribution in [0, 0.1) is 0 Å². The van der Waals surface area contributed by atoms with E-state index in [2.05, 4.69) is 22.0 Å². The van der Waals surface area contributed by atoms with E-state index in [1.165, 1.54) is 0 Å². The lowest BCUT2D eigenvalue weighted by Crippen LogP contribution is -2.23. The largest absolute Gasteiger partial charge is 0.348 e. The molecule has 0 radical (unpaired) electrons. The van der Waals surface area contributed by atoms with Gasteiger partial charge in [0.1, 0.15) is 0 Å². The Morgan fingerprint density at radius 1 is 0.806 bits per heavy atom. The monoisotopic (exact) mass is 403 g/mol. The fourth-order valence-corrected chi connectivity index (χ4v) is 3.69. The highest BCUT2D eigenvalue weighted by Crippen LogP contribution is 2.25. The van der Waals surface area contributed by atoms with E-state index < -0.39 is 0 Å². The van der Waals surface area contributed by atoms with Gasteiger partial charge in [0.15, 0.2) is 0 Å². The van der Waals surface area contributed by atoms with Gasteiger partial charge >= 0.3 is 0 Å². The van der Waals surface area contributed by atoms with Crippen LogP contribution >= 0.6 is 0 Å². The molecule has 0 spiro atoms. The topological polar surface area (TPSA) is 46.9 Å². The van der Waals surface area contributed by atoms with Crippen LogP contribution < -0.4 is 5.32 Å². The van der Waals surface area contributed by atoms with Gasteiger partial charge in [0.2, 0.25) is 0 Å². The van der Waals surface area contributed by atoms with E-state index in [0.29, 0.717) is 12.1 Å². The molecule has 5 rings (SSSR count). The summed E-state index contributed by atoms with van der Waals surface area (Å²) in [6.07, 6.45) is 4.02. The zero-order valence-corrected chi connectivity index (χ0v) is 16.9. The number of carbonyl (C=O) groups is 1. The van der Waals surface area contributed by atoms with Crippen molar-refractivity contribution in [3.8, 4) is 16.9 Å². The van der Waals surface area contributed by atoms with Gasteiger partial charge in [-0.1, -0.05) is 60.7 Å². The molecule has 150 valence electrons. The van der Waals surface area contributed by atoms with Crippen molar-refractivity contribution < 1.29 is 4.79 Å². The van der Waals surface area contributed by atoms with Crippen LogP contribution in [-0.2, 0) is 6.54 Å². The highest BCUT2D eigenvalue weighted by atomic mass is 16.1. The number of hydrogen-bond donors (Lipinski definition) is 1. The smallest absolute Gasteiger partial charge is 0.252 e. The van der Waals surface area contributed by atoms with Crippen molar-refractivity contribution in [1.82, 2.24) is 14.9 Å². The Kier molecular flexibility index (Phi) is 5.03. The van der Waals surface area contributed by atoms with E-state index in [1.54, 1.807) is 0 Å². The normalized spacial score (nSPS) is 10.8. The van der Waals surface area contributed by atoms with Crippen molar-refractivity contribution in [3.05, 3.63) is 121 Å². The summed E-state index contributed by atoms with van der Waals surface area (Å²) in [5, 5.41) is 3.92. The Labute approximate surface area is 180 Å². The van der Waals surface area contributed by atoms with Gasteiger partial charge in [-0.3, -0.25) is 4.79 Å². The standard InChI is InChI=1S/C27H21N3O/c31-27(28-19-20-12-14-22(15-13-20)30-16-6-7-17-30)24-18-26(21-8-2-1-3-9-21)29-25-11-5-4-10-23(24)25/h1-18H,19H2,(H,28,31). The van der Waals surface area contributed by atoms with Gasteiger partial charge in [-0.2, -0.15) is 0 Å². The van der Waals surface area contributed by atoms with E-state index in [9.17, 15) is 4.79 Å². The molecule has 0 aliphatic rings. The maximum Gasteiger partial charge on any atom is 0.252 e. The zero-order chi connectivity index (χ0) is 21.0. The second kappa shape index (κ2) is 8.28. The number of pyridine rings is 1. The first-order chi connectivity index (χ1) is 15.3. The maximum atomic E-state index is 13.1. The summed E-state index contributed by atoms with van der Waals surface area (Å²) in [6, 6.07) is 31.7. The summed E-state index contributed by atoms with van der Waals surface area (Å²) < 4.78 is 2.05. The van der Waals surface area contributed by atoms with Crippen LogP contribution in [-0.4, -0.2) is 15.5 Å². The average Bonchev–Trinajstić information content (AvgIpc) is 3.38. The minimum absolute atomic E-state index is 0.106. The first-order valence-corrected chi connectivity index (χ1v) is 10.2. The van der Waals surface area contributed by atoms with Crippen LogP contribution in [0.1, 0.15) is 15.9 Å². The number of fused-ring (bicyclic) bond motifs is 1. The van der Waals surface area contributed by atoms with Crippen LogP contribution in [0.4, 0.5) is 0 Å². The molecule has 0 saturated heterocycles. The summed E-state index contributed by atoms with van der Waals surface area (Å²) in [7, 11) is 0. The Morgan fingerprint density at radius 2 is 1.52 bits per heavy atom. The van der Waals surface area contributed by atoms with Crippen LogP contribution in [0.3, 0.4) is 0 Å². The SMILES string of the molecule is O=C(NCc1ccc(-n2cccc2)cc1)c1cc(-c2ccccc2)nc2ccccc12. The number of rotatable bonds is 5. The summed E-state index contributed by atoms with van der Waals surface area (Å²) in [4.78, 5) is 17.9. The lowest BCUT2D eigenvalue weighted by Gasteiger charge is -2.11. The van der Waals surface area contributed by atoms with Gasteiger partial charge in [0, 0.05) is 35.6 Å². The molecular weight excluding hydrogens is 382 g/mol. The van der Waals surface area contributed by atoms with Crippen LogP contribution in [0.15, 0.2) is 109 Å². The van der Waals surface area contributed by atoms with Crippen molar-refractivity contribution in [2.75, 3.05) is 0 Å². The van der Waals surface area contributed by atoms with Crippen LogP contribution in [0.2, 0.25) is 0 Å². The Morgan fingerprint density at radius 3 is 2.29 bits per heavy atom. The van der Waals surface area contributed by atoms with Gasteiger partial charge in [0.25, 0.3) is 5.91 Å². The Balaban J connectivity index is 1.40. The lowest BCUT2D eigenvalue weighted by atomic mass is 10.0. The number of nitrogens with one attached hydrogen (secondary N) is 1. The number of aromatic nitrogens is 2. The number of amides is 1. The lowest BCUT2D eigenvalue weighted by molar-refractivity contribution is 0.0952. The summed E-state index contributed by atoms with van der Waals surface area (Å²) in [6.45, 7) is 0.460. The summed E-state index contributed by atoms with van der Waals surface area (Å²) >= 11 is 0. The molecule has 4 heteroatoms. The molecule has 1 amide bonds. The molecule has 2 aromatic heterocycles. The quantitative estimate of drug-likeness (QED) is 0.414. The van der Waals surface area contributed by atoms with Gasteiger partial charge in [-0.25, -0.2) is 4.98 Å². The fraction of sp³-hybridized carbons (Fsp3) is 0.0370. The van der Waals surface area contributed by atoms with E-state index in [4.69, 9.17) is 4.98 Å². The van der Waals surface area contributed by atoms with Crippen molar-refractivity contribution in [3.63, 3.8) is 0 Å². The number of carbonyl (C=O) groups excluding carboxylic acids is 1. The summed E-state index contributed by atoms with van der Waals surface area (Å²) in [5.74, 6) is -0.106. The second-order valence-corrected chi connectivity index (χ2v) is 7.38. The maximum absolute atomic E-state index is 13.1. The van der Waals surface area contributed by atoms with Gasteiger partial charge in [-0.15, -0.1) is 0 Å². The number of nitrogens with zero attached hydrogens (tertiary/aromatic N) is 2. The first-order valence-electron chi connectivity index (χ1n) is 10.2. The number of benzene rings is 3. The third-order valence-corrected chi connectivity index (χ3v) is 5.32. The molecule has 2 heterocycles. The number of hydrogen-bond acceptors (Lipinski definition) is 2. The second-order valence-electron chi connectivity index (χ2n) is 7.38. The molecule has 3 aromatic carbocycles. The molecule has 4 nitrogen and oxygen atoms in total. The minimum atomic E-state index is -0.106. The minimum Gasteiger partial charge on any atom is -0.348 e. The fourth-order valence-electron chi connectivity index (χ4n) is 3.69. The molecule has 5 aromatic rings. The van der Waals surface area contributed by atoms with Crippen LogP contribution in [0.25, 0.3) is 27.8 Å². The van der Waals surface area contributed by atoms with Crippen molar-refractivity contribution in [1.29, 1.82) is 0 Å². The third kappa shape index (κ3) is 3.96. The zero-order valence-electron chi connectivity index (χ0n) is 16.9. The molecule has 0 unspecified atom stereocenters. The first kappa shape index (κ1) is 18.8. The van der Waals surface area contributed by atoms with E-state index in [-0.39, 0.29) is 5.91 Å². The van der Waals surface area contributed by atoms with Gasteiger partial charge < -0.3 is 9.88 Å². The average molecular weight is 403 g/mol. The van der Waals surface area contributed by atoms with Crippen molar-refractivity contribution in [2.45, 2.75) is 6.54 Å². The molecule has 0 bridgehead atoms. The molecule has 0 aliphatic heterocycles. The Bertz CT molecular complexity index is 1320. The molecule has 0 saturated carbocycles. The van der Waals surface area contributed by atoms with Crippen molar-refractivity contribution in [2.24, 2.45) is 0 Å². The molecule has 0 fully saturated rings. The predicted molar refractivity (Wildman–Crippen MR) is 124 cm³/mol. The number of para-hydroxylation sites is 1. The van der Waals surface area contributed by atoms with E-state index in [1.807, 2.05) is 97.3 Å². The molecule has 0 atom stereocenters. The molecule has 0 aliphatic carbocycles. The third-order valence-electron chi connectivity index (χ3n) is 5.32. The molecule has 31 heavy (non-hydrogen) atoms. The predicted octanol–water partition coefficient (Wildman–Crippen LogP) is 5.62. The van der Waals surface area contributed by atoms with Gasteiger partial charge in [-0.05, 0) is 42.0 Å².